The fraction of sp³-hybridized carbons (Fsp3) is 0.579. The van der Waals surface area contributed by atoms with Crippen LogP contribution in [0, 0.1) is 5.41 Å². The Bertz CT molecular complexity index is 712. The normalized spacial score (nSPS) is 15.7. The van der Waals surface area contributed by atoms with E-state index in [1.54, 1.807) is 0 Å². The van der Waals surface area contributed by atoms with Crippen molar-refractivity contribution in [3.8, 4) is 0 Å². The van der Waals surface area contributed by atoms with Crippen molar-refractivity contribution < 1.29 is 4.55 Å². The maximum absolute atomic E-state index is 12.5. The lowest BCUT2D eigenvalue weighted by atomic mass is 9.97. The number of aromatic nitrogens is 1. The Morgan fingerprint density at radius 2 is 1.83 bits per heavy atom. The molecule has 0 amide bonds. The van der Waals surface area contributed by atoms with Crippen LogP contribution >= 0.6 is 15.9 Å². The van der Waals surface area contributed by atoms with Crippen molar-refractivity contribution in [2.24, 2.45) is 5.41 Å². The van der Waals surface area contributed by atoms with Gasteiger partial charge in [-0.25, -0.2) is 0 Å². The molecule has 0 saturated heterocycles. The SMILES string of the molecule is C[C@@H](N[S@@+]([O-])C(C)(C)C)c1cn(CC(C)(C)C)c2cc(Br)ccc12. The Morgan fingerprint density at radius 3 is 2.38 bits per heavy atom. The fourth-order valence-electron chi connectivity index (χ4n) is 2.68. The van der Waals surface area contributed by atoms with Gasteiger partial charge in [-0.05, 0) is 50.8 Å². The van der Waals surface area contributed by atoms with Crippen molar-refractivity contribution in [2.45, 2.75) is 65.8 Å². The number of nitrogens with zero attached hydrogens (tertiary/aromatic N) is 1. The van der Waals surface area contributed by atoms with E-state index in [1.165, 1.54) is 16.5 Å². The molecular formula is C19H29BrN2OS. The summed E-state index contributed by atoms with van der Waals surface area (Å²) in [6.07, 6.45) is 2.21. The monoisotopic (exact) mass is 412 g/mol. The summed E-state index contributed by atoms with van der Waals surface area (Å²) in [6, 6.07) is 6.40. The molecule has 1 aromatic heterocycles. The Kier molecular flexibility index (Phi) is 5.80. The number of benzene rings is 1. The number of rotatable bonds is 4. The van der Waals surface area contributed by atoms with Crippen molar-refractivity contribution in [2.75, 3.05) is 0 Å². The van der Waals surface area contributed by atoms with Gasteiger partial charge in [0.05, 0.1) is 6.04 Å². The predicted molar refractivity (Wildman–Crippen MR) is 109 cm³/mol. The Labute approximate surface area is 157 Å². The molecule has 3 nitrogen and oxygen atoms in total. The van der Waals surface area contributed by atoms with Gasteiger partial charge in [-0.1, -0.05) is 42.8 Å². The number of hydrogen-bond donors (Lipinski definition) is 1. The van der Waals surface area contributed by atoms with E-state index in [-0.39, 0.29) is 16.2 Å². The quantitative estimate of drug-likeness (QED) is 0.667. The summed E-state index contributed by atoms with van der Waals surface area (Å²) in [5, 5.41) is 1.22. The molecule has 0 fully saturated rings. The molecule has 0 radical (unpaired) electrons. The van der Waals surface area contributed by atoms with E-state index in [0.717, 1.165) is 11.0 Å². The Hall–Kier alpha value is -0.490. The van der Waals surface area contributed by atoms with E-state index in [1.807, 2.05) is 20.8 Å². The number of hydrogen-bond acceptors (Lipinski definition) is 2. The molecule has 0 aliphatic carbocycles. The van der Waals surface area contributed by atoms with Crippen LogP contribution in [0.3, 0.4) is 0 Å². The molecule has 2 rings (SSSR count). The third kappa shape index (κ3) is 4.78. The first kappa shape index (κ1) is 19.8. The molecule has 0 spiro atoms. The zero-order valence-corrected chi connectivity index (χ0v) is 18.1. The van der Waals surface area contributed by atoms with Gasteiger partial charge in [0.1, 0.15) is 4.75 Å². The lowest BCUT2D eigenvalue weighted by Gasteiger charge is -2.26. The molecule has 0 aliphatic rings. The van der Waals surface area contributed by atoms with Gasteiger partial charge in [0.2, 0.25) is 0 Å². The van der Waals surface area contributed by atoms with Gasteiger partial charge >= 0.3 is 0 Å². The van der Waals surface area contributed by atoms with Crippen molar-refractivity contribution in [1.82, 2.24) is 9.29 Å². The van der Waals surface area contributed by atoms with Gasteiger partial charge in [-0.2, -0.15) is 0 Å². The number of nitrogens with one attached hydrogen (secondary N) is 1. The summed E-state index contributed by atoms with van der Waals surface area (Å²) >= 11 is 2.49. The summed E-state index contributed by atoms with van der Waals surface area (Å²) < 4.78 is 18.8. The highest BCUT2D eigenvalue weighted by molar-refractivity contribution is 9.10. The van der Waals surface area contributed by atoms with Crippen molar-refractivity contribution in [3.63, 3.8) is 0 Å². The van der Waals surface area contributed by atoms with Crippen LogP contribution in [-0.2, 0) is 17.9 Å². The van der Waals surface area contributed by atoms with Gasteiger partial charge in [0.25, 0.3) is 0 Å². The highest BCUT2D eigenvalue weighted by Gasteiger charge is 2.29. The third-order valence-corrected chi connectivity index (χ3v) is 6.00. The van der Waals surface area contributed by atoms with E-state index in [2.05, 4.69) is 77.3 Å². The first-order valence-electron chi connectivity index (χ1n) is 8.35. The van der Waals surface area contributed by atoms with Crippen LogP contribution in [0.5, 0.6) is 0 Å². The lowest BCUT2D eigenvalue weighted by molar-refractivity contribution is 0.349. The van der Waals surface area contributed by atoms with Gasteiger partial charge < -0.3 is 9.12 Å². The molecule has 1 N–H and O–H groups in total. The van der Waals surface area contributed by atoms with Crippen LogP contribution in [0.25, 0.3) is 10.9 Å². The van der Waals surface area contributed by atoms with E-state index < -0.39 is 11.4 Å². The van der Waals surface area contributed by atoms with Gasteiger partial charge in [-0.3, -0.25) is 0 Å². The van der Waals surface area contributed by atoms with Crippen molar-refractivity contribution in [1.29, 1.82) is 0 Å². The van der Waals surface area contributed by atoms with Crippen LogP contribution in [-0.4, -0.2) is 13.9 Å². The number of fused-ring (bicyclic) bond motifs is 1. The smallest absolute Gasteiger partial charge is 0.136 e. The predicted octanol–water partition coefficient (Wildman–Crippen LogP) is 5.56. The molecule has 0 bridgehead atoms. The van der Waals surface area contributed by atoms with Crippen molar-refractivity contribution >= 4 is 38.2 Å². The molecule has 5 heteroatoms. The molecule has 2 aromatic rings. The molecule has 0 saturated carbocycles. The molecule has 134 valence electrons. The Morgan fingerprint density at radius 1 is 1.21 bits per heavy atom. The van der Waals surface area contributed by atoms with Crippen LogP contribution in [0.4, 0.5) is 0 Å². The van der Waals surface area contributed by atoms with Crippen LogP contribution < -0.4 is 4.72 Å². The van der Waals surface area contributed by atoms with E-state index in [4.69, 9.17) is 0 Å². The first-order valence-corrected chi connectivity index (χ1v) is 10.3. The highest BCUT2D eigenvalue weighted by atomic mass is 79.9. The lowest BCUT2D eigenvalue weighted by Crippen LogP contribution is -2.40. The Balaban J connectivity index is 2.43. The van der Waals surface area contributed by atoms with Crippen molar-refractivity contribution in [3.05, 3.63) is 34.4 Å². The maximum Gasteiger partial charge on any atom is 0.136 e. The summed E-state index contributed by atoms with van der Waals surface area (Å²) in [5.74, 6) is 0. The topological polar surface area (TPSA) is 40.0 Å². The second kappa shape index (κ2) is 7.02. The van der Waals surface area contributed by atoms with E-state index in [0.29, 0.717) is 0 Å². The average molecular weight is 413 g/mol. The molecule has 1 aromatic carbocycles. The summed E-state index contributed by atoms with van der Waals surface area (Å²) in [7, 11) is 0. The van der Waals surface area contributed by atoms with Gasteiger partial charge in [0, 0.05) is 39.5 Å². The molecule has 2 atom stereocenters. The summed E-state index contributed by atoms with van der Waals surface area (Å²) in [4.78, 5) is 0. The van der Waals surface area contributed by atoms with Crippen LogP contribution in [0.2, 0.25) is 0 Å². The first-order chi connectivity index (χ1) is 10.9. The summed E-state index contributed by atoms with van der Waals surface area (Å²) in [5.41, 5.74) is 2.60. The standard InChI is InChI=1S/C19H29BrN2OS/c1-13(21-24(23)19(5,6)7)16-11-22(12-18(2,3)4)17-10-14(20)8-9-15(16)17/h8-11,13,21H,12H2,1-7H3/t13-,24+/m1/s1. The number of halogens is 1. The fourth-order valence-corrected chi connectivity index (χ4v) is 3.83. The molecular weight excluding hydrogens is 384 g/mol. The minimum absolute atomic E-state index is 0.0231. The van der Waals surface area contributed by atoms with E-state index >= 15 is 0 Å². The second-order valence-corrected chi connectivity index (χ2v) is 11.6. The van der Waals surface area contributed by atoms with Crippen LogP contribution in [0.1, 0.15) is 60.1 Å². The second-order valence-electron chi connectivity index (χ2n) is 8.66. The van der Waals surface area contributed by atoms with Gasteiger partial charge in [0.15, 0.2) is 0 Å². The molecule has 0 aliphatic heterocycles. The van der Waals surface area contributed by atoms with Crippen LogP contribution in [0.15, 0.2) is 28.9 Å². The van der Waals surface area contributed by atoms with E-state index in [9.17, 15) is 4.55 Å². The minimum Gasteiger partial charge on any atom is -0.598 e. The minimum atomic E-state index is -1.09. The zero-order valence-electron chi connectivity index (χ0n) is 15.7. The van der Waals surface area contributed by atoms with Gasteiger partial charge in [-0.15, -0.1) is 4.72 Å². The maximum atomic E-state index is 12.5. The molecule has 0 unspecified atom stereocenters. The molecule has 24 heavy (non-hydrogen) atoms. The highest BCUT2D eigenvalue weighted by Crippen LogP contribution is 2.32. The third-order valence-electron chi connectivity index (χ3n) is 3.83. The summed E-state index contributed by atoms with van der Waals surface area (Å²) in [6.45, 7) is 15.7. The average Bonchev–Trinajstić information content (AvgIpc) is 2.74. The zero-order chi connectivity index (χ0) is 18.3. The molecule has 1 heterocycles. The largest absolute Gasteiger partial charge is 0.598 e.